The number of amides is 1. The maximum Gasteiger partial charge on any atom is 0.243 e. The van der Waals surface area contributed by atoms with Crippen molar-refractivity contribution in [3.8, 4) is 11.5 Å². The van der Waals surface area contributed by atoms with E-state index in [1.54, 1.807) is 12.1 Å². The fraction of sp³-hybridized carbons (Fsp3) is 0.667. The van der Waals surface area contributed by atoms with Crippen LogP contribution in [0.3, 0.4) is 0 Å². The lowest BCUT2D eigenvalue weighted by Gasteiger charge is -2.41. The van der Waals surface area contributed by atoms with Crippen molar-refractivity contribution in [2.75, 3.05) is 52.5 Å². The second-order valence-electron chi connectivity index (χ2n) is 8.42. The number of morpholine rings is 1. The standard InChI is InChI=1S/C21H31N3O6S/c1-15-13-23(14-16(2)30-15)21(25)17(3)22-6-8-24(9-7-22)31(26,27)18-4-5-19-20(12-18)29-11-10-28-19/h4-5,12,15-17H,6-11,13-14H2,1-3H3/t15-,16-,17+/m1/s1. The molecule has 1 aromatic rings. The van der Waals surface area contributed by atoms with E-state index in [1.807, 2.05) is 25.7 Å². The zero-order valence-corrected chi connectivity index (χ0v) is 19.1. The summed E-state index contributed by atoms with van der Waals surface area (Å²) in [6.45, 7) is 9.58. The first kappa shape index (κ1) is 22.3. The number of hydrogen-bond acceptors (Lipinski definition) is 7. The number of carbonyl (C=O) groups excluding carboxylic acids is 1. The Kier molecular flexibility index (Phi) is 6.43. The number of piperazine rings is 1. The summed E-state index contributed by atoms with van der Waals surface area (Å²) < 4.78 is 44.5. The molecule has 3 aliphatic rings. The third-order valence-corrected chi connectivity index (χ3v) is 7.96. The zero-order valence-electron chi connectivity index (χ0n) is 18.3. The van der Waals surface area contributed by atoms with Gasteiger partial charge in [0.25, 0.3) is 0 Å². The third-order valence-electron chi connectivity index (χ3n) is 6.06. The summed E-state index contributed by atoms with van der Waals surface area (Å²) in [6.07, 6.45) is 0.0424. The van der Waals surface area contributed by atoms with E-state index < -0.39 is 10.0 Å². The summed E-state index contributed by atoms with van der Waals surface area (Å²) in [5.74, 6) is 1.10. The summed E-state index contributed by atoms with van der Waals surface area (Å²) >= 11 is 0. The van der Waals surface area contributed by atoms with E-state index >= 15 is 0 Å². The van der Waals surface area contributed by atoms with E-state index in [2.05, 4.69) is 4.90 Å². The van der Waals surface area contributed by atoms with Gasteiger partial charge in [0, 0.05) is 45.3 Å². The van der Waals surface area contributed by atoms with Crippen molar-refractivity contribution >= 4 is 15.9 Å². The molecule has 172 valence electrons. The maximum atomic E-state index is 13.1. The highest BCUT2D eigenvalue weighted by Gasteiger charge is 2.35. The molecule has 0 saturated carbocycles. The Morgan fingerprint density at radius 2 is 1.61 bits per heavy atom. The first-order chi connectivity index (χ1) is 14.8. The van der Waals surface area contributed by atoms with Crippen LogP contribution >= 0.6 is 0 Å². The molecule has 0 unspecified atom stereocenters. The van der Waals surface area contributed by atoms with Gasteiger partial charge >= 0.3 is 0 Å². The number of hydrogen-bond donors (Lipinski definition) is 0. The molecule has 2 saturated heterocycles. The van der Waals surface area contributed by atoms with Gasteiger partial charge < -0.3 is 19.1 Å². The van der Waals surface area contributed by atoms with E-state index in [9.17, 15) is 13.2 Å². The van der Waals surface area contributed by atoms with Gasteiger partial charge in [0.15, 0.2) is 11.5 Å². The van der Waals surface area contributed by atoms with Crippen molar-refractivity contribution in [1.29, 1.82) is 0 Å². The average molecular weight is 454 g/mol. The molecule has 0 spiro atoms. The molecule has 0 radical (unpaired) electrons. The Morgan fingerprint density at radius 1 is 1.00 bits per heavy atom. The highest BCUT2D eigenvalue weighted by atomic mass is 32.2. The van der Waals surface area contributed by atoms with Crippen molar-refractivity contribution in [2.45, 2.75) is 43.9 Å². The molecule has 10 heteroatoms. The fourth-order valence-corrected chi connectivity index (χ4v) is 5.88. The Bertz CT molecular complexity index is 906. The van der Waals surface area contributed by atoms with Gasteiger partial charge in [-0.3, -0.25) is 9.69 Å². The van der Waals surface area contributed by atoms with Gasteiger partial charge in [-0.2, -0.15) is 4.31 Å². The van der Waals surface area contributed by atoms with Gasteiger partial charge in [0.2, 0.25) is 15.9 Å². The second kappa shape index (κ2) is 8.93. The largest absolute Gasteiger partial charge is 0.486 e. The van der Waals surface area contributed by atoms with Crippen LogP contribution in [0.2, 0.25) is 0 Å². The van der Waals surface area contributed by atoms with Crippen LogP contribution in [-0.2, 0) is 19.6 Å². The van der Waals surface area contributed by atoms with Crippen LogP contribution in [0.15, 0.2) is 23.1 Å². The number of fused-ring (bicyclic) bond motifs is 1. The summed E-state index contributed by atoms with van der Waals surface area (Å²) in [6, 6.07) is 4.44. The Labute approximate surface area is 183 Å². The van der Waals surface area contributed by atoms with Crippen molar-refractivity contribution in [2.24, 2.45) is 0 Å². The van der Waals surface area contributed by atoms with E-state index in [-0.39, 0.29) is 29.1 Å². The molecule has 0 bridgehead atoms. The van der Waals surface area contributed by atoms with E-state index in [1.165, 1.54) is 10.4 Å². The topological polar surface area (TPSA) is 88.6 Å². The summed E-state index contributed by atoms with van der Waals surface area (Å²) in [5.41, 5.74) is 0. The zero-order chi connectivity index (χ0) is 22.2. The average Bonchev–Trinajstić information content (AvgIpc) is 2.77. The van der Waals surface area contributed by atoms with Gasteiger partial charge in [-0.1, -0.05) is 0 Å². The molecule has 3 heterocycles. The maximum absolute atomic E-state index is 13.1. The first-order valence-corrected chi connectivity index (χ1v) is 12.3. The van der Waals surface area contributed by atoms with Crippen LogP contribution in [0.1, 0.15) is 20.8 Å². The van der Waals surface area contributed by atoms with Crippen molar-refractivity contribution in [3.05, 3.63) is 18.2 Å². The predicted molar refractivity (Wildman–Crippen MR) is 114 cm³/mol. The highest BCUT2D eigenvalue weighted by molar-refractivity contribution is 7.89. The quantitative estimate of drug-likeness (QED) is 0.666. The minimum Gasteiger partial charge on any atom is -0.486 e. The van der Waals surface area contributed by atoms with Gasteiger partial charge in [-0.05, 0) is 32.9 Å². The summed E-state index contributed by atoms with van der Waals surface area (Å²) in [4.78, 5) is 17.1. The minimum absolute atomic E-state index is 0.0212. The van der Waals surface area contributed by atoms with E-state index in [0.29, 0.717) is 64.0 Å². The normalized spacial score (nSPS) is 26.5. The Balaban J connectivity index is 1.38. The van der Waals surface area contributed by atoms with Gasteiger partial charge in [0.05, 0.1) is 23.1 Å². The molecule has 31 heavy (non-hydrogen) atoms. The molecule has 2 fully saturated rings. The number of carbonyl (C=O) groups is 1. The lowest BCUT2D eigenvalue weighted by molar-refractivity contribution is -0.148. The molecule has 1 aromatic carbocycles. The first-order valence-electron chi connectivity index (χ1n) is 10.8. The van der Waals surface area contributed by atoms with Crippen LogP contribution in [0.5, 0.6) is 11.5 Å². The van der Waals surface area contributed by atoms with Crippen LogP contribution in [0, 0.1) is 0 Å². The van der Waals surface area contributed by atoms with Gasteiger partial charge in [0.1, 0.15) is 13.2 Å². The molecule has 0 N–H and O–H groups in total. The summed E-state index contributed by atoms with van der Waals surface area (Å²) in [5, 5.41) is 0. The molecular formula is C21H31N3O6S. The molecule has 1 amide bonds. The Hall–Kier alpha value is -1.88. The summed E-state index contributed by atoms with van der Waals surface area (Å²) in [7, 11) is -3.64. The molecule has 3 atom stereocenters. The third kappa shape index (κ3) is 4.67. The van der Waals surface area contributed by atoms with E-state index in [0.717, 1.165) is 0 Å². The lowest BCUT2D eigenvalue weighted by atomic mass is 10.1. The molecule has 3 aliphatic heterocycles. The number of ether oxygens (including phenoxy) is 3. The smallest absolute Gasteiger partial charge is 0.243 e. The molecule has 4 rings (SSSR count). The van der Waals surface area contributed by atoms with Gasteiger partial charge in [-0.15, -0.1) is 0 Å². The monoisotopic (exact) mass is 453 g/mol. The number of sulfonamides is 1. The van der Waals surface area contributed by atoms with Crippen LogP contribution < -0.4 is 9.47 Å². The minimum atomic E-state index is -3.64. The molecule has 0 aliphatic carbocycles. The van der Waals surface area contributed by atoms with Crippen LogP contribution in [0.25, 0.3) is 0 Å². The van der Waals surface area contributed by atoms with Gasteiger partial charge in [-0.25, -0.2) is 8.42 Å². The molecular weight excluding hydrogens is 422 g/mol. The molecule has 0 aromatic heterocycles. The number of benzene rings is 1. The second-order valence-corrected chi connectivity index (χ2v) is 10.4. The number of rotatable bonds is 4. The molecule has 9 nitrogen and oxygen atoms in total. The van der Waals surface area contributed by atoms with Crippen molar-refractivity contribution < 1.29 is 27.4 Å². The van der Waals surface area contributed by atoms with E-state index in [4.69, 9.17) is 14.2 Å². The van der Waals surface area contributed by atoms with Crippen molar-refractivity contribution in [1.82, 2.24) is 14.1 Å². The van der Waals surface area contributed by atoms with Crippen LogP contribution in [0.4, 0.5) is 0 Å². The number of nitrogens with zero attached hydrogens (tertiary/aromatic N) is 3. The lowest BCUT2D eigenvalue weighted by Crippen LogP contribution is -2.58. The van der Waals surface area contributed by atoms with Crippen LogP contribution in [-0.4, -0.2) is 99.2 Å². The Morgan fingerprint density at radius 3 is 2.26 bits per heavy atom. The fourth-order valence-electron chi connectivity index (χ4n) is 4.44. The SMILES string of the molecule is C[C@@H]1CN(C(=O)[C@H](C)N2CCN(S(=O)(=O)c3ccc4c(c3)OCCO4)CC2)C[C@@H](C)O1. The highest BCUT2D eigenvalue weighted by Crippen LogP contribution is 2.33. The predicted octanol–water partition coefficient (Wildman–Crippen LogP) is 0.788. The van der Waals surface area contributed by atoms with Crippen molar-refractivity contribution in [3.63, 3.8) is 0 Å².